The van der Waals surface area contributed by atoms with Crippen LogP contribution in [0.4, 0.5) is 5.69 Å². The monoisotopic (exact) mass is 223 g/mol. The SMILES string of the molecule is O[C@@H]1CC2CSc3ccccc3N2[C@H]1O. The van der Waals surface area contributed by atoms with Crippen LogP contribution in [0.5, 0.6) is 0 Å². The molecule has 1 aromatic carbocycles. The van der Waals surface area contributed by atoms with Gasteiger partial charge in [0.1, 0.15) is 6.10 Å². The van der Waals surface area contributed by atoms with Gasteiger partial charge in [0, 0.05) is 16.7 Å². The number of hydrogen-bond acceptors (Lipinski definition) is 4. The summed E-state index contributed by atoms with van der Waals surface area (Å²) in [6.45, 7) is 0. The highest BCUT2D eigenvalue weighted by atomic mass is 32.2. The second kappa shape index (κ2) is 3.40. The summed E-state index contributed by atoms with van der Waals surface area (Å²) in [7, 11) is 0. The first-order chi connectivity index (χ1) is 7.27. The maximum atomic E-state index is 9.91. The third-order valence-electron chi connectivity index (χ3n) is 3.11. The summed E-state index contributed by atoms with van der Waals surface area (Å²) in [5, 5.41) is 19.6. The lowest BCUT2D eigenvalue weighted by atomic mass is 10.2. The summed E-state index contributed by atoms with van der Waals surface area (Å²) in [6, 6.07) is 8.32. The van der Waals surface area contributed by atoms with Crippen molar-refractivity contribution in [1.29, 1.82) is 0 Å². The minimum atomic E-state index is -0.739. The van der Waals surface area contributed by atoms with Crippen molar-refractivity contribution in [3.63, 3.8) is 0 Å². The zero-order valence-corrected chi connectivity index (χ0v) is 9.02. The molecule has 1 unspecified atom stereocenters. The molecule has 2 N–H and O–H groups in total. The Hall–Kier alpha value is -0.710. The zero-order chi connectivity index (χ0) is 10.4. The van der Waals surface area contributed by atoms with E-state index in [0.29, 0.717) is 6.42 Å². The second-order valence-electron chi connectivity index (χ2n) is 4.06. The molecule has 0 spiro atoms. The second-order valence-corrected chi connectivity index (χ2v) is 5.12. The number of thioether (sulfide) groups is 1. The maximum Gasteiger partial charge on any atom is 0.153 e. The minimum absolute atomic E-state index is 0.273. The van der Waals surface area contributed by atoms with Crippen molar-refractivity contribution in [3.8, 4) is 0 Å². The minimum Gasteiger partial charge on any atom is -0.388 e. The Balaban J connectivity index is 2.05. The van der Waals surface area contributed by atoms with Crippen LogP contribution in [-0.2, 0) is 0 Å². The molecule has 0 aromatic heterocycles. The Morgan fingerprint density at radius 3 is 2.93 bits per heavy atom. The molecule has 0 saturated carbocycles. The van der Waals surface area contributed by atoms with Gasteiger partial charge in [-0.2, -0.15) is 0 Å². The van der Waals surface area contributed by atoms with Crippen LogP contribution in [0, 0.1) is 0 Å². The molecule has 4 heteroatoms. The van der Waals surface area contributed by atoms with Crippen molar-refractivity contribution in [1.82, 2.24) is 0 Å². The van der Waals surface area contributed by atoms with Gasteiger partial charge in [-0.1, -0.05) is 12.1 Å². The Kier molecular flexibility index (Phi) is 2.16. The third-order valence-corrected chi connectivity index (χ3v) is 4.32. The summed E-state index contributed by atoms with van der Waals surface area (Å²) >= 11 is 1.81. The van der Waals surface area contributed by atoms with Gasteiger partial charge in [0.25, 0.3) is 0 Å². The Labute approximate surface area is 92.7 Å². The number of aliphatic hydroxyl groups is 2. The molecule has 2 heterocycles. The molecular formula is C11H13NO2S. The molecule has 3 atom stereocenters. The molecule has 1 aromatic rings. The Morgan fingerprint density at radius 2 is 2.07 bits per heavy atom. The van der Waals surface area contributed by atoms with E-state index in [1.165, 1.54) is 4.90 Å². The number of anilines is 1. The predicted octanol–water partition coefficient (Wildman–Crippen LogP) is 1.05. The molecule has 2 aliphatic heterocycles. The van der Waals surface area contributed by atoms with Crippen LogP contribution in [0.15, 0.2) is 29.2 Å². The average Bonchev–Trinajstić information content (AvgIpc) is 2.55. The Morgan fingerprint density at radius 1 is 1.27 bits per heavy atom. The molecular weight excluding hydrogens is 210 g/mol. The van der Waals surface area contributed by atoms with Crippen LogP contribution < -0.4 is 4.90 Å². The van der Waals surface area contributed by atoms with Gasteiger partial charge in [0.15, 0.2) is 6.23 Å². The quantitative estimate of drug-likeness (QED) is 0.690. The first-order valence-electron chi connectivity index (χ1n) is 5.13. The molecule has 2 aliphatic rings. The zero-order valence-electron chi connectivity index (χ0n) is 8.21. The summed E-state index contributed by atoms with van der Waals surface area (Å²) in [4.78, 5) is 3.15. The molecule has 15 heavy (non-hydrogen) atoms. The van der Waals surface area contributed by atoms with Crippen LogP contribution in [0.1, 0.15) is 6.42 Å². The fourth-order valence-corrected chi connectivity index (χ4v) is 3.55. The van der Waals surface area contributed by atoms with Crippen LogP contribution in [-0.4, -0.2) is 34.3 Å². The lowest BCUT2D eigenvalue weighted by Gasteiger charge is -2.35. The van der Waals surface area contributed by atoms with Crippen LogP contribution in [0.25, 0.3) is 0 Å². The molecule has 3 nitrogen and oxygen atoms in total. The van der Waals surface area contributed by atoms with Gasteiger partial charge in [-0.3, -0.25) is 0 Å². The molecule has 0 bridgehead atoms. The van der Waals surface area contributed by atoms with Gasteiger partial charge in [0.2, 0.25) is 0 Å². The van der Waals surface area contributed by atoms with Crippen molar-refractivity contribution in [2.75, 3.05) is 10.7 Å². The highest BCUT2D eigenvalue weighted by Crippen LogP contribution is 2.42. The van der Waals surface area contributed by atoms with E-state index in [-0.39, 0.29) is 6.04 Å². The third kappa shape index (κ3) is 1.36. The van der Waals surface area contributed by atoms with Gasteiger partial charge < -0.3 is 15.1 Å². The molecule has 0 aliphatic carbocycles. The van der Waals surface area contributed by atoms with E-state index in [1.807, 2.05) is 23.1 Å². The summed E-state index contributed by atoms with van der Waals surface area (Å²) in [5.41, 5.74) is 1.06. The molecule has 1 fully saturated rings. The first-order valence-corrected chi connectivity index (χ1v) is 6.12. The summed E-state index contributed by atoms with van der Waals surface area (Å²) in [5.74, 6) is 0.950. The highest BCUT2D eigenvalue weighted by molar-refractivity contribution is 7.99. The summed E-state index contributed by atoms with van der Waals surface area (Å²) in [6.07, 6.45) is -0.679. The molecule has 80 valence electrons. The number of hydrogen-bond donors (Lipinski definition) is 2. The largest absolute Gasteiger partial charge is 0.388 e. The Bertz CT molecular complexity index is 385. The van der Waals surface area contributed by atoms with Crippen molar-refractivity contribution in [3.05, 3.63) is 24.3 Å². The van der Waals surface area contributed by atoms with Crippen LogP contribution >= 0.6 is 11.8 Å². The van der Waals surface area contributed by atoms with Crippen LogP contribution in [0.2, 0.25) is 0 Å². The van der Waals surface area contributed by atoms with E-state index in [2.05, 4.69) is 6.07 Å². The number of para-hydroxylation sites is 1. The van der Waals surface area contributed by atoms with Crippen molar-refractivity contribution in [2.24, 2.45) is 0 Å². The van der Waals surface area contributed by atoms with Gasteiger partial charge in [-0.05, 0) is 18.6 Å². The highest BCUT2D eigenvalue weighted by Gasteiger charge is 2.42. The standard InChI is InChI=1S/C11H13NO2S/c13-9-5-7-6-15-10-4-2-1-3-8(10)12(7)11(9)14/h1-4,7,9,11,13-14H,5-6H2/t7?,9-,11+/m1/s1. The van der Waals surface area contributed by atoms with Gasteiger partial charge in [-0.25, -0.2) is 0 Å². The first kappa shape index (κ1) is 9.51. The number of aliphatic hydroxyl groups excluding tert-OH is 2. The van der Waals surface area contributed by atoms with Crippen molar-refractivity contribution < 1.29 is 10.2 Å². The predicted molar refractivity (Wildman–Crippen MR) is 60.1 cm³/mol. The van der Waals surface area contributed by atoms with E-state index in [0.717, 1.165) is 11.4 Å². The smallest absolute Gasteiger partial charge is 0.153 e. The lowest BCUT2D eigenvalue weighted by molar-refractivity contribution is 0.0447. The topological polar surface area (TPSA) is 43.7 Å². The van der Waals surface area contributed by atoms with E-state index in [9.17, 15) is 10.2 Å². The number of nitrogens with zero attached hydrogens (tertiary/aromatic N) is 1. The van der Waals surface area contributed by atoms with Crippen molar-refractivity contribution >= 4 is 17.4 Å². The van der Waals surface area contributed by atoms with E-state index in [1.54, 1.807) is 11.8 Å². The maximum absolute atomic E-state index is 9.91. The fraction of sp³-hybridized carbons (Fsp3) is 0.455. The van der Waals surface area contributed by atoms with Gasteiger partial charge >= 0.3 is 0 Å². The number of fused-ring (bicyclic) bond motifs is 3. The fourth-order valence-electron chi connectivity index (χ4n) is 2.38. The van der Waals surface area contributed by atoms with Gasteiger partial charge in [-0.15, -0.1) is 11.8 Å². The normalized spacial score (nSPS) is 33.7. The number of rotatable bonds is 0. The number of benzene rings is 1. The van der Waals surface area contributed by atoms with E-state index < -0.39 is 12.3 Å². The van der Waals surface area contributed by atoms with E-state index >= 15 is 0 Å². The summed E-state index contributed by atoms with van der Waals surface area (Å²) < 4.78 is 0. The molecule has 0 radical (unpaired) electrons. The van der Waals surface area contributed by atoms with E-state index in [4.69, 9.17) is 0 Å². The van der Waals surface area contributed by atoms with Crippen molar-refractivity contribution in [2.45, 2.75) is 29.7 Å². The molecule has 1 saturated heterocycles. The average molecular weight is 223 g/mol. The van der Waals surface area contributed by atoms with Gasteiger partial charge in [0.05, 0.1) is 5.69 Å². The van der Waals surface area contributed by atoms with Crippen LogP contribution in [0.3, 0.4) is 0 Å². The molecule has 0 amide bonds. The molecule has 3 rings (SSSR count). The lowest BCUT2D eigenvalue weighted by Crippen LogP contribution is -2.41.